The van der Waals surface area contributed by atoms with E-state index < -0.39 is 5.60 Å². The largest absolute Gasteiger partial charge is 0.460 e. The van der Waals surface area contributed by atoms with Gasteiger partial charge in [-0.25, -0.2) is 4.79 Å². The molecule has 2 unspecified atom stereocenters. The molecule has 0 aromatic heterocycles. The molecule has 1 aromatic rings. The zero-order chi connectivity index (χ0) is 18.7. The summed E-state index contributed by atoms with van der Waals surface area (Å²) in [5.74, 6) is 0.169. The van der Waals surface area contributed by atoms with Gasteiger partial charge in [0.15, 0.2) is 0 Å². The molecule has 2 aliphatic rings. The minimum Gasteiger partial charge on any atom is -0.460 e. The molecular formula is C20H28N2O4. The highest BCUT2D eigenvalue weighted by atomic mass is 16.6. The topological polar surface area (TPSA) is 59.1 Å². The number of rotatable bonds is 4. The summed E-state index contributed by atoms with van der Waals surface area (Å²) in [6, 6.07) is 9.78. The molecule has 6 heteroatoms. The fourth-order valence-corrected chi connectivity index (χ4v) is 3.70. The number of amides is 1. The Morgan fingerprint density at radius 1 is 1.12 bits per heavy atom. The monoisotopic (exact) mass is 360 g/mol. The molecule has 0 spiro atoms. The minimum atomic E-state index is -0.491. The Bertz CT molecular complexity index is 641. The zero-order valence-electron chi connectivity index (χ0n) is 15.8. The Morgan fingerprint density at radius 2 is 1.85 bits per heavy atom. The van der Waals surface area contributed by atoms with E-state index in [0.717, 1.165) is 18.5 Å². The lowest BCUT2D eigenvalue weighted by Crippen LogP contribution is -2.46. The van der Waals surface area contributed by atoms with E-state index in [0.29, 0.717) is 25.6 Å². The normalized spacial score (nSPS) is 23.0. The SMILES string of the molecule is CC(C)(C)OC(=O)N1CC2CC1CN(CC(=O)OCc1ccccc1)C2. The third-order valence-electron chi connectivity index (χ3n) is 4.71. The Labute approximate surface area is 155 Å². The third kappa shape index (κ3) is 4.97. The van der Waals surface area contributed by atoms with Gasteiger partial charge in [0, 0.05) is 25.7 Å². The van der Waals surface area contributed by atoms with Crippen molar-refractivity contribution in [1.82, 2.24) is 9.80 Å². The maximum atomic E-state index is 12.4. The minimum absolute atomic E-state index is 0.116. The molecule has 2 aliphatic heterocycles. The lowest BCUT2D eigenvalue weighted by molar-refractivity contribution is -0.146. The second-order valence-electron chi connectivity index (χ2n) is 8.23. The summed E-state index contributed by atoms with van der Waals surface area (Å²) in [6.45, 7) is 8.40. The molecule has 6 nitrogen and oxygen atoms in total. The number of carbonyl (C=O) groups is 2. The van der Waals surface area contributed by atoms with Crippen LogP contribution in [0.1, 0.15) is 32.8 Å². The Hall–Kier alpha value is -2.08. The van der Waals surface area contributed by atoms with Crippen molar-refractivity contribution >= 4 is 12.1 Å². The van der Waals surface area contributed by atoms with Crippen LogP contribution in [0.15, 0.2) is 30.3 Å². The standard InChI is InChI=1S/C20H28N2O4/c1-20(2,3)26-19(24)22-11-16-9-17(22)12-21(10-16)13-18(23)25-14-15-7-5-4-6-8-15/h4-8,16-17H,9-14H2,1-3H3. The van der Waals surface area contributed by atoms with E-state index in [2.05, 4.69) is 4.90 Å². The average Bonchev–Trinajstić information content (AvgIpc) is 2.87. The second kappa shape index (κ2) is 7.66. The summed E-state index contributed by atoms with van der Waals surface area (Å²) in [7, 11) is 0. The number of benzene rings is 1. The lowest BCUT2D eigenvalue weighted by Gasteiger charge is -2.32. The molecule has 0 aliphatic carbocycles. The molecular weight excluding hydrogens is 332 g/mol. The number of piperidine rings is 1. The smallest absolute Gasteiger partial charge is 0.410 e. The van der Waals surface area contributed by atoms with E-state index in [4.69, 9.17) is 9.47 Å². The molecule has 2 fully saturated rings. The van der Waals surface area contributed by atoms with Gasteiger partial charge >= 0.3 is 12.1 Å². The Morgan fingerprint density at radius 3 is 2.54 bits per heavy atom. The van der Waals surface area contributed by atoms with Gasteiger partial charge in [0.2, 0.25) is 0 Å². The van der Waals surface area contributed by atoms with Gasteiger partial charge in [-0.2, -0.15) is 0 Å². The van der Waals surface area contributed by atoms with Gasteiger partial charge < -0.3 is 14.4 Å². The second-order valence-corrected chi connectivity index (χ2v) is 8.23. The van der Waals surface area contributed by atoms with Crippen LogP contribution in [0.5, 0.6) is 0 Å². The number of fused-ring (bicyclic) bond motifs is 2. The maximum absolute atomic E-state index is 12.4. The molecule has 0 radical (unpaired) electrons. The predicted octanol–water partition coefficient (Wildman–Crippen LogP) is 2.67. The van der Waals surface area contributed by atoms with Crippen molar-refractivity contribution in [1.29, 1.82) is 0 Å². The van der Waals surface area contributed by atoms with Gasteiger partial charge in [-0.15, -0.1) is 0 Å². The molecule has 3 rings (SSSR count). The first-order valence-corrected chi connectivity index (χ1v) is 9.22. The van der Waals surface area contributed by atoms with E-state index >= 15 is 0 Å². The van der Waals surface area contributed by atoms with Gasteiger partial charge in [-0.05, 0) is 38.7 Å². The van der Waals surface area contributed by atoms with E-state index in [-0.39, 0.29) is 24.6 Å². The van der Waals surface area contributed by atoms with Crippen molar-refractivity contribution in [2.45, 2.75) is 45.4 Å². The number of carbonyl (C=O) groups excluding carboxylic acids is 2. The highest BCUT2D eigenvalue weighted by Gasteiger charge is 2.42. The summed E-state index contributed by atoms with van der Waals surface area (Å²) in [5.41, 5.74) is 0.491. The summed E-state index contributed by atoms with van der Waals surface area (Å²) < 4.78 is 10.9. The van der Waals surface area contributed by atoms with E-state index in [1.807, 2.05) is 56.0 Å². The van der Waals surface area contributed by atoms with Crippen LogP contribution in [0.3, 0.4) is 0 Å². The van der Waals surface area contributed by atoms with Gasteiger partial charge in [-0.3, -0.25) is 9.69 Å². The van der Waals surface area contributed by atoms with E-state index in [1.165, 1.54) is 0 Å². The summed E-state index contributed by atoms with van der Waals surface area (Å²) in [4.78, 5) is 28.5. The number of ether oxygens (including phenoxy) is 2. The molecule has 0 saturated carbocycles. The van der Waals surface area contributed by atoms with Crippen LogP contribution < -0.4 is 0 Å². The number of esters is 1. The first-order valence-electron chi connectivity index (χ1n) is 9.22. The molecule has 2 atom stereocenters. The first-order chi connectivity index (χ1) is 12.3. The number of nitrogens with zero attached hydrogens (tertiary/aromatic N) is 2. The van der Waals surface area contributed by atoms with Gasteiger partial charge in [0.25, 0.3) is 0 Å². The van der Waals surface area contributed by atoms with Crippen molar-refractivity contribution < 1.29 is 19.1 Å². The van der Waals surface area contributed by atoms with Crippen LogP contribution in [0.25, 0.3) is 0 Å². The van der Waals surface area contributed by atoms with Gasteiger partial charge in [-0.1, -0.05) is 30.3 Å². The molecule has 1 aromatic carbocycles. The molecule has 2 heterocycles. The molecule has 1 amide bonds. The van der Waals surface area contributed by atoms with E-state index in [1.54, 1.807) is 0 Å². The van der Waals surface area contributed by atoms with Crippen LogP contribution >= 0.6 is 0 Å². The maximum Gasteiger partial charge on any atom is 0.410 e. The van der Waals surface area contributed by atoms with Crippen molar-refractivity contribution in [2.75, 3.05) is 26.2 Å². The van der Waals surface area contributed by atoms with Crippen LogP contribution in [-0.2, 0) is 20.9 Å². The highest BCUT2D eigenvalue weighted by Crippen LogP contribution is 2.30. The summed E-state index contributed by atoms with van der Waals surface area (Å²) in [5, 5.41) is 0. The van der Waals surface area contributed by atoms with Crippen molar-refractivity contribution in [3.05, 3.63) is 35.9 Å². The summed E-state index contributed by atoms with van der Waals surface area (Å²) >= 11 is 0. The lowest BCUT2D eigenvalue weighted by atomic mass is 10.0. The predicted molar refractivity (Wildman–Crippen MR) is 97.5 cm³/mol. The fourth-order valence-electron chi connectivity index (χ4n) is 3.70. The van der Waals surface area contributed by atoms with Gasteiger partial charge in [0.05, 0.1) is 6.54 Å². The quantitative estimate of drug-likeness (QED) is 0.773. The molecule has 26 heavy (non-hydrogen) atoms. The van der Waals surface area contributed by atoms with Crippen LogP contribution in [0.2, 0.25) is 0 Å². The Balaban J connectivity index is 1.48. The van der Waals surface area contributed by atoms with Crippen LogP contribution in [-0.4, -0.2) is 59.7 Å². The van der Waals surface area contributed by atoms with Gasteiger partial charge in [0.1, 0.15) is 12.2 Å². The molecule has 2 bridgehead atoms. The van der Waals surface area contributed by atoms with Crippen LogP contribution in [0, 0.1) is 5.92 Å². The zero-order valence-corrected chi connectivity index (χ0v) is 15.8. The van der Waals surface area contributed by atoms with Crippen molar-refractivity contribution in [3.8, 4) is 0 Å². The molecule has 142 valence electrons. The first kappa shape index (κ1) is 18.7. The number of hydrogen-bond acceptors (Lipinski definition) is 5. The molecule has 2 saturated heterocycles. The van der Waals surface area contributed by atoms with Crippen molar-refractivity contribution in [3.63, 3.8) is 0 Å². The molecule has 0 N–H and O–H groups in total. The highest BCUT2D eigenvalue weighted by molar-refractivity contribution is 5.72. The summed E-state index contributed by atoms with van der Waals surface area (Å²) in [6.07, 6.45) is 0.730. The number of hydrogen-bond donors (Lipinski definition) is 0. The Kier molecular flexibility index (Phi) is 5.51. The third-order valence-corrected chi connectivity index (χ3v) is 4.71. The van der Waals surface area contributed by atoms with Crippen LogP contribution in [0.4, 0.5) is 4.79 Å². The van der Waals surface area contributed by atoms with E-state index in [9.17, 15) is 9.59 Å². The number of likely N-dealkylation sites (tertiary alicyclic amines) is 2. The van der Waals surface area contributed by atoms with Crippen molar-refractivity contribution in [2.24, 2.45) is 5.92 Å². The fraction of sp³-hybridized carbons (Fsp3) is 0.600. The average molecular weight is 360 g/mol.